The molecule has 0 aromatic carbocycles. The Labute approximate surface area is 680 Å². The van der Waals surface area contributed by atoms with Gasteiger partial charge in [-0.1, -0.05) is 5.11 Å². The fraction of sp³-hybridized carbons (Fsp3) is 0.861. The van der Waals surface area contributed by atoms with Crippen molar-refractivity contribution in [1.82, 2.24) is 53.2 Å². The van der Waals surface area contributed by atoms with Crippen LogP contribution >= 0.6 is 0 Å². The van der Waals surface area contributed by atoms with Crippen LogP contribution in [0.25, 0.3) is 10.4 Å². The Morgan fingerprint density at radius 2 is 0.607 bits per heavy atom. The van der Waals surface area contributed by atoms with Gasteiger partial charge in [-0.05, 0) is 63.3 Å². The van der Waals surface area contributed by atoms with Crippen LogP contribution in [0.1, 0.15) is 124 Å². The topological polar surface area (TPSA) is 642 Å². The number of unbranched alkanes of at least 4 members (excludes halogenated alkanes) is 3. The summed E-state index contributed by atoms with van der Waals surface area (Å²) in [6, 6.07) is -3.31. The summed E-state index contributed by atoms with van der Waals surface area (Å²) in [5.41, 5.74) is 6.87. The van der Waals surface area contributed by atoms with Gasteiger partial charge in [0, 0.05) is 136 Å². The SMILES string of the molecule is CC(=O)NC1C(OCCCCC(=O)NCCCNC(=O)CCOCC(COCCC(=O)NCCCNC(=O)CCCCOC2OC(CO)[C@H](O)C(O)C2NC(C)=O)(COCCC(=O)NCCCNC(=O)CCCCOC2OC(CO)[C@H](O)[C@H](O)C2NC(C)=O)NC(=O)CCOCCOCCOCCOCCN=[N+]=[N-])OC(CO)[C@H](O)C1O. The van der Waals surface area contributed by atoms with Gasteiger partial charge in [0.1, 0.15) is 78.6 Å². The Morgan fingerprint density at radius 1 is 0.342 bits per heavy atom. The molecule has 45 nitrogen and oxygen atoms in total. The quantitative estimate of drug-likeness (QED) is 0.0116. The van der Waals surface area contributed by atoms with Gasteiger partial charge in [0.25, 0.3) is 0 Å². The van der Waals surface area contributed by atoms with Gasteiger partial charge in [0.2, 0.25) is 59.1 Å². The first-order valence-electron chi connectivity index (χ1n) is 39.8. The van der Waals surface area contributed by atoms with Gasteiger partial charge in [-0.2, -0.15) is 0 Å². The van der Waals surface area contributed by atoms with Crippen molar-refractivity contribution in [2.75, 3.05) is 178 Å². The second-order valence-electron chi connectivity index (χ2n) is 27.8. The molecular weight excluding hydrogens is 1560 g/mol. The van der Waals surface area contributed by atoms with E-state index in [9.17, 15) is 93.9 Å². The lowest BCUT2D eigenvalue weighted by Gasteiger charge is -2.42. The van der Waals surface area contributed by atoms with Crippen molar-refractivity contribution < 1.29 is 155 Å². The molecule has 45 heteroatoms. The molecule has 3 rings (SSSR count). The maximum Gasteiger partial charge on any atom is 0.222 e. The number of hydrogen-bond donors (Lipinski definition) is 19. The van der Waals surface area contributed by atoms with E-state index >= 15 is 0 Å². The Balaban J connectivity index is 1.57. The van der Waals surface area contributed by atoms with Crippen LogP contribution in [0.3, 0.4) is 0 Å². The molecule has 0 radical (unpaired) electrons. The minimum atomic E-state index is -1.50. The highest BCUT2D eigenvalue weighted by Crippen LogP contribution is 2.26. The number of aliphatic hydroxyl groups excluding tert-OH is 9. The fourth-order valence-electron chi connectivity index (χ4n) is 11.7. The number of azide groups is 1. The minimum absolute atomic E-state index is 0.0500. The van der Waals surface area contributed by atoms with E-state index in [-0.39, 0.29) is 208 Å². The molecule has 11 unspecified atom stereocenters. The van der Waals surface area contributed by atoms with Gasteiger partial charge in [0.05, 0.1) is 112 Å². The highest BCUT2D eigenvalue weighted by Gasteiger charge is 2.48. The predicted molar refractivity (Wildman–Crippen MR) is 407 cm³/mol. The highest BCUT2D eigenvalue weighted by molar-refractivity contribution is 5.79. The summed E-state index contributed by atoms with van der Waals surface area (Å²) in [5, 5.41) is 121. The van der Waals surface area contributed by atoms with E-state index in [0.717, 1.165) is 0 Å². The summed E-state index contributed by atoms with van der Waals surface area (Å²) in [5.74, 6) is -4.03. The third-order valence-corrected chi connectivity index (χ3v) is 17.9. The van der Waals surface area contributed by atoms with E-state index in [1.807, 2.05) is 0 Å². The summed E-state index contributed by atoms with van der Waals surface area (Å²) in [6.45, 7) is 3.73. The molecule has 0 bridgehead atoms. The van der Waals surface area contributed by atoms with Crippen LogP contribution in [0.4, 0.5) is 0 Å². The number of rotatable bonds is 67. The Kier molecular flexibility index (Phi) is 56.3. The van der Waals surface area contributed by atoms with E-state index < -0.39 is 159 Å². The molecule has 674 valence electrons. The zero-order valence-electron chi connectivity index (χ0n) is 67.3. The van der Waals surface area contributed by atoms with E-state index in [1.54, 1.807) is 0 Å². The van der Waals surface area contributed by atoms with Crippen LogP contribution < -0.4 is 53.2 Å². The average molecular weight is 1690 g/mol. The van der Waals surface area contributed by atoms with Crippen molar-refractivity contribution in [3.05, 3.63) is 10.4 Å². The standard InChI is InChI=1S/C72H129N13O32/c1-47(89)81-60-66(102)63(99)50(41-86)115-69(60)112-27-7-4-13-53(92)74-20-10-23-77-56(95)16-31-109-44-72(84-59(98)19-30-105-35-37-107-39-40-108-38-36-106-34-26-80-85-73,45-110-32-17-57(96)78-24-11-21-75-54(93)14-5-8-28-113-70-61(82-48(2)90)67(103)64(100)51(42-87)116-70)46-111-33-18-58(97)79-25-12-22-76-55(94)15-6-9-29-114-71-62(83-49(3)91)68(104)65(101)52(43-88)117-71/h50-52,60-71,86-88,99-104H,4-46H2,1-3H3,(H,74,92)(H,75,93)(H,76,94)(H,77,95)(H,78,96)(H,79,97)(H,81,89)(H,82,90)(H,83,91)(H,84,98)/t50?,51?,52?,60?,61?,62?,63-,64-,65-,66+,67?,68?,69?,70?,71?,72?/m0/s1. The van der Waals surface area contributed by atoms with Crippen molar-refractivity contribution in [2.24, 2.45) is 5.11 Å². The lowest BCUT2D eigenvalue weighted by molar-refractivity contribution is -0.270. The molecule has 3 aliphatic rings. The van der Waals surface area contributed by atoms with Crippen LogP contribution in [-0.4, -0.2) is 380 Å². The summed E-state index contributed by atoms with van der Waals surface area (Å²) < 4.78 is 73.9. The van der Waals surface area contributed by atoms with Crippen LogP contribution in [-0.2, 0) is 110 Å². The average Bonchev–Trinajstić information content (AvgIpc) is 0.820. The molecule has 3 fully saturated rings. The molecule has 15 atom stereocenters. The second kappa shape index (κ2) is 63.2. The lowest BCUT2D eigenvalue weighted by atomic mass is 9.97. The Hall–Kier alpha value is -6.87. The van der Waals surface area contributed by atoms with Crippen molar-refractivity contribution >= 4 is 59.1 Å². The van der Waals surface area contributed by atoms with E-state index in [0.29, 0.717) is 71.0 Å². The fourth-order valence-corrected chi connectivity index (χ4v) is 11.7. The Bertz CT molecular complexity index is 2640. The third kappa shape index (κ3) is 45.9. The number of hydrogen-bond acceptors (Lipinski definition) is 33. The number of nitrogens with zero attached hydrogens (tertiary/aromatic N) is 3. The molecule has 3 heterocycles. The Morgan fingerprint density at radius 3 is 0.889 bits per heavy atom. The zero-order valence-corrected chi connectivity index (χ0v) is 67.3. The minimum Gasteiger partial charge on any atom is -0.394 e. The van der Waals surface area contributed by atoms with Crippen molar-refractivity contribution in [3.63, 3.8) is 0 Å². The largest absolute Gasteiger partial charge is 0.394 e. The van der Waals surface area contributed by atoms with Gasteiger partial charge in [-0.25, -0.2) is 0 Å². The maximum atomic E-state index is 13.8. The maximum absolute atomic E-state index is 13.8. The summed E-state index contributed by atoms with van der Waals surface area (Å²) in [7, 11) is 0. The monoisotopic (exact) mass is 1690 g/mol. The van der Waals surface area contributed by atoms with Gasteiger partial charge in [0.15, 0.2) is 18.9 Å². The zero-order chi connectivity index (χ0) is 86.0. The van der Waals surface area contributed by atoms with E-state index in [1.165, 1.54) is 20.8 Å². The number of ether oxygens (including phenoxy) is 13. The molecule has 3 aliphatic heterocycles. The first kappa shape index (κ1) is 104. The number of aliphatic hydroxyl groups is 9. The van der Waals surface area contributed by atoms with Gasteiger partial charge >= 0.3 is 0 Å². The van der Waals surface area contributed by atoms with Crippen molar-refractivity contribution in [2.45, 2.75) is 221 Å². The number of amides is 10. The van der Waals surface area contributed by atoms with Crippen molar-refractivity contribution in [3.8, 4) is 0 Å². The van der Waals surface area contributed by atoms with E-state index in [2.05, 4.69) is 63.2 Å². The second-order valence-corrected chi connectivity index (χ2v) is 27.8. The first-order valence-corrected chi connectivity index (χ1v) is 39.8. The van der Waals surface area contributed by atoms with Crippen LogP contribution in [0.5, 0.6) is 0 Å². The van der Waals surface area contributed by atoms with Crippen LogP contribution in [0.15, 0.2) is 5.11 Å². The predicted octanol–water partition coefficient (Wildman–Crippen LogP) is -6.91. The molecule has 10 amide bonds. The number of carbonyl (C=O) groups excluding carboxylic acids is 10. The van der Waals surface area contributed by atoms with Crippen molar-refractivity contribution in [1.29, 1.82) is 0 Å². The van der Waals surface area contributed by atoms with Gasteiger partial charge < -0.3 is 161 Å². The lowest BCUT2D eigenvalue weighted by Crippen LogP contribution is -2.64. The summed E-state index contributed by atoms with van der Waals surface area (Å²) in [4.78, 5) is 129. The molecule has 19 N–H and O–H groups in total. The first-order chi connectivity index (χ1) is 56.3. The summed E-state index contributed by atoms with van der Waals surface area (Å²) >= 11 is 0. The molecule has 3 saturated heterocycles. The smallest absolute Gasteiger partial charge is 0.222 e. The summed E-state index contributed by atoms with van der Waals surface area (Å²) in [6.07, 6.45) is -12.5. The number of carbonyl (C=O) groups is 10. The van der Waals surface area contributed by atoms with Gasteiger partial charge in [-0.15, -0.1) is 0 Å². The molecule has 0 aliphatic carbocycles. The molecule has 0 spiro atoms. The molecule has 0 saturated carbocycles. The number of nitrogens with one attached hydrogen (secondary N) is 10. The van der Waals surface area contributed by atoms with Crippen LogP contribution in [0.2, 0.25) is 0 Å². The third-order valence-electron chi connectivity index (χ3n) is 17.9. The van der Waals surface area contributed by atoms with Gasteiger partial charge in [-0.3, -0.25) is 47.9 Å². The molecule has 0 aromatic rings. The molecule has 0 aromatic heterocycles. The van der Waals surface area contributed by atoms with Crippen LogP contribution in [0, 0.1) is 0 Å². The molecule has 117 heavy (non-hydrogen) atoms. The van der Waals surface area contributed by atoms with E-state index in [4.69, 9.17) is 67.1 Å². The molecular formula is C72H129N13O32. The normalized spacial score (nSPS) is 23.5. The highest BCUT2D eigenvalue weighted by atomic mass is 16.7.